The van der Waals surface area contributed by atoms with Crippen molar-refractivity contribution in [2.24, 2.45) is 11.8 Å². The van der Waals surface area contributed by atoms with Crippen molar-refractivity contribution in [3.8, 4) is 0 Å². The van der Waals surface area contributed by atoms with Gasteiger partial charge < -0.3 is 14.9 Å². The number of ether oxygens (including phenoxy) is 1. The van der Waals surface area contributed by atoms with Gasteiger partial charge in [0.05, 0.1) is 12.2 Å². The summed E-state index contributed by atoms with van der Waals surface area (Å²) in [6.07, 6.45) is 11.4. The first kappa shape index (κ1) is 25.8. The number of carbonyl (C=O) groups excluding carboxylic acids is 2. The van der Waals surface area contributed by atoms with E-state index in [0.717, 1.165) is 57.8 Å². The minimum absolute atomic E-state index is 0.126. The molecule has 5 nitrogen and oxygen atoms in total. The fourth-order valence-corrected chi connectivity index (χ4v) is 3.93. The van der Waals surface area contributed by atoms with Gasteiger partial charge in [0, 0.05) is 24.7 Å². The van der Waals surface area contributed by atoms with Crippen LogP contribution in [0.15, 0.2) is 12.2 Å². The van der Waals surface area contributed by atoms with E-state index in [-0.39, 0.29) is 30.0 Å². The van der Waals surface area contributed by atoms with Crippen LogP contribution in [0.4, 0.5) is 0 Å². The second-order valence-electron chi connectivity index (χ2n) is 9.41. The zero-order valence-corrected chi connectivity index (χ0v) is 18.9. The molecule has 0 aliphatic heterocycles. The topological polar surface area (TPSA) is 83.8 Å². The highest BCUT2D eigenvalue weighted by Gasteiger charge is 2.39. The van der Waals surface area contributed by atoms with Gasteiger partial charge in [-0.3, -0.25) is 9.59 Å². The molecule has 1 rings (SSSR count). The fraction of sp³-hybridized carbons (Fsp3) is 0.833. The van der Waals surface area contributed by atoms with E-state index in [1.165, 1.54) is 0 Å². The number of ketones is 1. The first-order chi connectivity index (χ1) is 13.6. The molecule has 0 heterocycles. The van der Waals surface area contributed by atoms with Gasteiger partial charge in [0.15, 0.2) is 0 Å². The minimum Gasteiger partial charge on any atom is -0.460 e. The van der Waals surface area contributed by atoms with E-state index < -0.39 is 17.8 Å². The van der Waals surface area contributed by atoms with Crippen molar-refractivity contribution in [2.75, 3.05) is 0 Å². The van der Waals surface area contributed by atoms with Crippen LogP contribution in [0.5, 0.6) is 0 Å². The van der Waals surface area contributed by atoms with Crippen LogP contribution < -0.4 is 0 Å². The van der Waals surface area contributed by atoms with Crippen molar-refractivity contribution in [2.45, 2.75) is 116 Å². The molecular weight excluding hydrogens is 368 g/mol. The molecule has 168 valence electrons. The van der Waals surface area contributed by atoms with Gasteiger partial charge in [0.25, 0.3) is 0 Å². The molecule has 0 bridgehead atoms. The first-order valence-corrected chi connectivity index (χ1v) is 11.4. The predicted molar refractivity (Wildman–Crippen MR) is 115 cm³/mol. The highest BCUT2D eigenvalue weighted by molar-refractivity contribution is 5.84. The van der Waals surface area contributed by atoms with Crippen LogP contribution in [-0.2, 0) is 14.3 Å². The molecule has 4 atom stereocenters. The van der Waals surface area contributed by atoms with E-state index in [1.54, 1.807) is 6.08 Å². The molecule has 0 unspecified atom stereocenters. The van der Waals surface area contributed by atoms with Crippen LogP contribution in [0, 0.1) is 11.8 Å². The van der Waals surface area contributed by atoms with Crippen molar-refractivity contribution < 1.29 is 24.5 Å². The molecule has 5 heteroatoms. The average Bonchev–Trinajstić information content (AvgIpc) is 2.87. The molecule has 0 aromatic heterocycles. The van der Waals surface area contributed by atoms with Gasteiger partial charge in [0.1, 0.15) is 11.4 Å². The number of Topliss-reactive ketones (excluding diaryl/α,β-unsaturated/α-hetero) is 1. The van der Waals surface area contributed by atoms with E-state index >= 15 is 0 Å². The summed E-state index contributed by atoms with van der Waals surface area (Å²) in [6.45, 7) is 7.73. The number of aliphatic hydroxyl groups is 2. The molecule has 0 aromatic carbocycles. The SMILES string of the molecule is CCCCC[C@H](O)/C=C/[C@H]1[C@H](O)CC(=O)[C@@H]1CCCCCCC(=O)OC(C)(C)C. The molecule has 1 fully saturated rings. The van der Waals surface area contributed by atoms with Crippen LogP contribution in [0.2, 0.25) is 0 Å². The molecule has 2 N–H and O–H groups in total. The van der Waals surface area contributed by atoms with Crippen molar-refractivity contribution in [3.05, 3.63) is 12.2 Å². The summed E-state index contributed by atoms with van der Waals surface area (Å²) in [4.78, 5) is 24.0. The standard InChI is InChI=1S/C24H42O5/c1-5-6-9-12-18(25)15-16-20-19(21(26)17-22(20)27)13-10-7-8-11-14-23(28)29-24(2,3)4/h15-16,18-20,22,25,27H,5-14,17H2,1-4H3/b16-15+/t18-,19+,20+,22+/m0/s1. The molecule has 1 aliphatic carbocycles. The Morgan fingerprint density at radius 2 is 1.86 bits per heavy atom. The summed E-state index contributed by atoms with van der Waals surface area (Å²) in [5, 5.41) is 20.3. The quantitative estimate of drug-likeness (QED) is 0.260. The van der Waals surface area contributed by atoms with Gasteiger partial charge in [-0.15, -0.1) is 0 Å². The van der Waals surface area contributed by atoms with Gasteiger partial charge in [-0.2, -0.15) is 0 Å². The van der Waals surface area contributed by atoms with Crippen LogP contribution >= 0.6 is 0 Å². The lowest BCUT2D eigenvalue weighted by atomic mass is 9.88. The molecule has 0 spiro atoms. The molecule has 1 saturated carbocycles. The van der Waals surface area contributed by atoms with E-state index in [4.69, 9.17) is 4.74 Å². The lowest BCUT2D eigenvalue weighted by Crippen LogP contribution is -2.23. The van der Waals surface area contributed by atoms with Gasteiger partial charge in [0.2, 0.25) is 0 Å². The van der Waals surface area contributed by atoms with E-state index in [0.29, 0.717) is 6.42 Å². The molecule has 0 radical (unpaired) electrons. The third kappa shape index (κ3) is 10.9. The fourth-order valence-electron chi connectivity index (χ4n) is 3.93. The number of rotatable bonds is 13. The lowest BCUT2D eigenvalue weighted by Gasteiger charge is -2.19. The maximum absolute atomic E-state index is 12.3. The Labute approximate surface area is 176 Å². The van der Waals surface area contributed by atoms with Crippen molar-refractivity contribution in [1.82, 2.24) is 0 Å². The maximum atomic E-state index is 12.3. The zero-order valence-electron chi connectivity index (χ0n) is 18.9. The molecule has 0 saturated heterocycles. The molecular formula is C24H42O5. The highest BCUT2D eigenvalue weighted by atomic mass is 16.6. The summed E-state index contributed by atoms with van der Waals surface area (Å²) in [7, 11) is 0. The Balaban J connectivity index is 2.33. The molecule has 0 amide bonds. The van der Waals surface area contributed by atoms with Crippen LogP contribution in [-0.4, -0.2) is 39.8 Å². The molecule has 1 aliphatic rings. The predicted octanol–water partition coefficient (Wildman–Crippen LogP) is 4.73. The highest BCUT2D eigenvalue weighted by Crippen LogP contribution is 2.34. The zero-order chi connectivity index (χ0) is 21.9. The number of unbranched alkanes of at least 4 members (excludes halogenated alkanes) is 5. The third-order valence-corrected chi connectivity index (χ3v) is 5.46. The van der Waals surface area contributed by atoms with Crippen LogP contribution in [0.1, 0.15) is 98.3 Å². The Morgan fingerprint density at radius 3 is 2.52 bits per heavy atom. The Hall–Kier alpha value is -1.20. The Kier molecular flexibility index (Phi) is 11.7. The molecule has 29 heavy (non-hydrogen) atoms. The van der Waals surface area contributed by atoms with E-state index in [1.807, 2.05) is 26.8 Å². The lowest BCUT2D eigenvalue weighted by molar-refractivity contribution is -0.154. The van der Waals surface area contributed by atoms with Gasteiger partial charge in [-0.25, -0.2) is 0 Å². The first-order valence-electron chi connectivity index (χ1n) is 11.4. The minimum atomic E-state index is -0.640. The smallest absolute Gasteiger partial charge is 0.306 e. The summed E-state index contributed by atoms with van der Waals surface area (Å²) in [5.41, 5.74) is -0.438. The second-order valence-corrected chi connectivity index (χ2v) is 9.41. The number of aliphatic hydroxyl groups excluding tert-OH is 2. The summed E-state index contributed by atoms with van der Waals surface area (Å²) in [5.74, 6) is -0.379. The van der Waals surface area contributed by atoms with Crippen LogP contribution in [0.3, 0.4) is 0 Å². The third-order valence-electron chi connectivity index (χ3n) is 5.46. The van der Waals surface area contributed by atoms with Crippen molar-refractivity contribution >= 4 is 11.8 Å². The summed E-state index contributed by atoms with van der Waals surface area (Å²) in [6, 6.07) is 0. The maximum Gasteiger partial charge on any atom is 0.306 e. The largest absolute Gasteiger partial charge is 0.460 e. The van der Waals surface area contributed by atoms with E-state index in [2.05, 4.69) is 6.92 Å². The number of hydrogen-bond donors (Lipinski definition) is 2. The second kappa shape index (κ2) is 13.2. The number of hydrogen-bond acceptors (Lipinski definition) is 5. The van der Waals surface area contributed by atoms with E-state index in [9.17, 15) is 19.8 Å². The Morgan fingerprint density at radius 1 is 1.17 bits per heavy atom. The van der Waals surface area contributed by atoms with Crippen molar-refractivity contribution in [1.29, 1.82) is 0 Å². The summed E-state index contributed by atoms with van der Waals surface area (Å²) < 4.78 is 5.30. The van der Waals surface area contributed by atoms with Gasteiger partial charge in [-0.1, -0.05) is 57.6 Å². The number of carbonyl (C=O) groups is 2. The molecule has 0 aromatic rings. The number of esters is 1. The summed E-state index contributed by atoms with van der Waals surface area (Å²) >= 11 is 0. The van der Waals surface area contributed by atoms with Gasteiger partial charge in [-0.05, 0) is 40.0 Å². The van der Waals surface area contributed by atoms with Crippen LogP contribution in [0.25, 0.3) is 0 Å². The average molecular weight is 411 g/mol. The van der Waals surface area contributed by atoms with Gasteiger partial charge >= 0.3 is 5.97 Å². The normalized spacial score (nSPS) is 23.7. The monoisotopic (exact) mass is 410 g/mol. The van der Waals surface area contributed by atoms with Crippen molar-refractivity contribution in [3.63, 3.8) is 0 Å². The Bertz CT molecular complexity index is 520.